The molecule has 3 heterocycles. The van der Waals surface area contributed by atoms with E-state index in [9.17, 15) is 0 Å². The average molecular weight is 292 g/mol. The molecule has 4 rings (SSSR count). The largest absolute Gasteiger partial charge is 0.382 e. The van der Waals surface area contributed by atoms with E-state index in [1.807, 2.05) is 30.3 Å². The predicted octanol–water partition coefficient (Wildman–Crippen LogP) is 3.94. The number of rotatable bonds is 2. The highest BCUT2D eigenvalue weighted by Crippen LogP contribution is 2.39. The van der Waals surface area contributed by atoms with E-state index in [0.29, 0.717) is 5.82 Å². The van der Waals surface area contributed by atoms with Gasteiger partial charge in [0.1, 0.15) is 0 Å². The minimum Gasteiger partial charge on any atom is -0.382 e. The minimum atomic E-state index is 0.473. The molecule has 21 heavy (non-hydrogen) atoms. The molecule has 0 fully saturated rings. The maximum Gasteiger partial charge on any atom is 0.155 e. The van der Waals surface area contributed by atoms with Crippen molar-refractivity contribution < 1.29 is 0 Å². The Hall–Kier alpha value is -2.66. The number of nitrogens with one attached hydrogen (secondary N) is 1. The number of anilines is 1. The van der Waals surface area contributed by atoms with Gasteiger partial charge in [-0.1, -0.05) is 24.3 Å². The molecule has 0 aliphatic rings. The molecule has 0 unspecified atom stereocenters. The van der Waals surface area contributed by atoms with E-state index in [1.54, 1.807) is 17.5 Å². The summed E-state index contributed by atoms with van der Waals surface area (Å²) in [5.41, 5.74) is 8.64. The molecule has 4 nitrogen and oxygen atoms in total. The van der Waals surface area contributed by atoms with Crippen LogP contribution in [0.25, 0.3) is 31.9 Å². The normalized spacial score (nSPS) is 11.0. The summed E-state index contributed by atoms with van der Waals surface area (Å²) < 4.78 is 1.24. The van der Waals surface area contributed by atoms with Gasteiger partial charge in [-0.05, 0) is 29.7 Å². The monoisotopic (exact) mass is 292 g/mol. The van der Waals surface area contributed by atoms with Gasteiger partial charge >= 0.3 is 0 Å². The molecular formula is C16H12N4S. The van der Waals surface area contributed by atoms with Crippen LogP contribution in [0.4, 0.5) is 5.82 Å². The number of H-pyrrole nitrogens is 1. The predicted molar refractivity (Wildman–Crippen MR) is 87.1 cm³/mol. The van der Waals surface area contributed by atoms with Crippen molar-refractivity contribution in [3.05, 3.63) is 54.7 Å². The minimum absolute atomic E-state index is 0.473. The van der Waals surface area contributed by atoms with Gasteiger partial charge in [-0.3, -0.25) is 10.1 Å². The van der Waals surface area contributed by atoms with Gasteiger partial charge in [0.2, 0.25) is 0 Å². The molecule has 0 amide bonds. The molecule has 0 aliphatic heterocycles. The summed E-state index contributed by atoms with van der Waals surface area (Å²) in [5, 5.41) is 8.42. The topological polar surface area (TPSA) is 67.6 Å². The van der Waals surface area contributed by atoms with Crippen molar-refractivity contribution in [2.45, 2.75) is 0 Å². The molecule has 0 aliphatic carbocycles. The van der Waals surface area contributed by atoms with E-state index in [2.05, 4.69) is 33.4 Å². The summed E-state index contributed by atoms with van der Waals surface area (Å²) in [6.45, 7) is 0. The molecule has 0 atom stereocenters. The van der Waals surface area contributed by atoms with Gasteiger partial charge in [-0.15, -0.1) is 11.3 Å². The van der Waals surface area contributed by atoms with Crippen molar-refractivity contribution in [1.82, 2.24) is 15.2 Å². The van der Waals surface area contributed by atoms with E-state index in [-0.39, 0.29) is 0 Å². The van der Waals surface area contributed by atoms with Crippen molar-refractivity contribution >= 4 is 27.2 Å². The Kier molecular flexibility index (Phi) is 2.72. The number of fused-ring (bicyclic) bond motifs is 1. The standard InChI is InChI=1S/C16H12N4S/c17-16-14(11-6-3-4-8-18-11)15(19-20-16)13-9-10-5-1-2-7-12(10)21-13/h1-9H,(H3,17,19,20). The van der Waals surface area contributed by atoms with Crippen molar-refractivity contribution in [2.75, 3.05) is 5.73 Å². The average Bonchev–Trinajstić information content (AvgIpc) is 3.11. The lowest BCUT2D eigenvalue weighted by Crippen LogP contribution is -1.90. The Bertz CT molecular complexity index is 875. The van der Waals surface area contributed by atoms with Gasteiger partial charge in [0.25, 0.3) is 0 Å². The first-order valence-corrected chi connectivity index (χ1v) is 7.39. The van der Waals surface area contributed by atoms with Crippen LogP contribution in [-0.4, -0.2) is 15.2 Å². The molecule has 4 aromatic rings. The van der Waals surface area contributed by atoms with E-state index >= 15 is 0 Å². The fourth-order valence-corrected chi connectivity index (χ4v) is 3.47. The lowest BCUT2D eigenvalue weighted by molar-refractivity contribution is 1.11. The Morgan fingerprint density at radius 2 is 1.90 bits per heavy atom. The highest BCUT2D eigenvalue weighted by molar-refractivity contribution is 7.22. The van der Waals surface area contributed by atoms with Crippen molar-refractivity contribution in [3.63, 3.8) is 0 Å². The van der Waals surface area contributed by atoms with Gasteiger partial charge in [-0.2, -0.15) is 5.10 Å². The maximum absolute atomic E-state index is 6.03. The molecule has 0 radical (unpaired) electrons. The van der Waals surface area contributed by atoms with Crippen LogP contribution in [0, 0.1) is 0 Å². The van der Waals surface area contributed by atoms with Crippen molar-refractivity contribution in [3.8, 4) is 21.8 Å². The first-order valence-electron chi connectivity index (χ1n) is 6.57. The van der Waals surface area contributed by atoms with Gasteiger partial charge < -0.3 is 5.73 Å². The number of hydrogen-bond donors (Lipinski definition) is 2. The van der Waals surface area contributed by atoms with E-state index in [4.69, 9.17) is 5.73 Å². The quantitative estimate of drug-likeness (QED) is 0.588. The molecule has 0 bridgehead atoms. The molecule has 5 heteroatoms. The number of aromatic nitrogens is 3. The van der Waals surface area contributed by atoms with Crippen molar-refractivity contribution in [2.24, 2.45) is 0 Å². The lowest BCUT2D eigenvalue weighted by Gasteiger charge is -2.01. The fraction of sp³-hybridized carbons (Fsp3) is 0. The smallest absolute Gasteiger partial charge is 0.155 e. The summed E-state index contributed by atoms with van der Waals surface area (Å²) in [4.78, 5) is 5.50. The summed E-state index contributed by atoms with van der Waals surface area (Å²) in [6, 6.07) is 16.2. The second kappa shape index (κ2) is 4.71. The Labute approximate surface area is 125 Å². The highest BCUT2D eigenvalue weighted by atomic mass is 32.1. The van der Waals surface area contributed by atoms with Crippen LogP contribution in [0.2, 0.25) is 0 Å². The number of nitrogens with zero attached hydrogens (tertiary/aromatic N) is 2. The second-order valence-corrected chi connectivity index (χ2v) is 5.81. The van der Waals surface area contributed by atoms with Crippen LogP contribution in [0.15, 0.2) is 54.7 Å². The third-order valence-corrected chi connectivity index (χ3v) is 4.52. The first-order chi connectivity index (χ1) is 10.3. The molecule has 3 N–H and O–H groups in total. The van der Waals surface area contributed by atoms with Gasteiger partial charge in [0.15, 0.2) is 5.82 Å². The fourth-order valence-electron chi connectivity index (χ4n) is 2.41. The van der Waals surface area contributed by atoms with Crippen LogP contribution in [0.3, 0.4) is 0 Å². The molecule has 0 spiro atoms. The zero-order chi connectivity index (χ0) is 14.2. The Morgan fingerprint density at radius 3 is 2.71 bits per heavy atom. The van der Waals surface area contributed by atoms with Crippen LogP contribution in [0.5, 0.6) is 0 Å². The van der Waals surface area contributed by atoms with Crippen molar-refractivity contribution in [1.29, 1.82) is 0 Å². The second-order valence-electron chi connectivity index (χ2n) is 4.72. The summed E-state index contributed by atoms with van der Waals surface area (Å²) >= 11 is 1.72. The number of benzene rings is 1. The lowest BCUT2D eigenvalue weighted by atomic mass is 10.1. The first kappa shape index (κ1) is 12.1. The van der Waals surface area contributed by atoms with Crippen LogP contribution in [0.1, 0.15) is 0 Å². The van der Waals surface area contributed by atoms with Crippen LogP contribution >= 0.6 is 11.3 Å². The van der Waals surface area contributed by atoms with Gasteiger partial charge in [-0.25, -0.2) is 0 Å². The molecule has 102 valence electrons. The summed E-state index contributed by atoms with van der Waals surface area (Å²) in [6.07, 6.45) is 1.76. The SMILES string of the molecule is Nc1n[nH]c(-c2cc3ccccc3s2)c1-c1ccccn1. The molecule has 3 aromatic heterocycles. The highest BCUT2D eigenvalue weighted by Gasteiger charge is 2.17. The van der Waals surface area contributed by atoms with E-state index in [0.717, 1.165) is 21.8 Å². The third kappa shape index (κ3) is 1.98. The summed E-state index contributed by atoms with van der Waals surface area (Å²) in [7, 11) is 0. The van der Waals surface area contributed by atoms with E-state index < -0.39 is 0 Å². The van der Waals surface area contributed by atoms with E-state index in [1.165, 1.54) is 10.1 Å². The Morgan fingerprint density at radius 1 is 1.05 bits per heavy atom. The summed E-state index contributed by atoms with van der Waals surface area (Å²) in [5.74, 6) is 0.473. The van der Waals surface area contributed by atoms with Crippen LogP contribution < -0.4 is 5.73 Å². The number of aromatic amines is 1. The Balaban J connectivity index is 1.93. The molecule has 0 saturated heterocycles. The third-order valence-electron chi connectivity index (χ3n) is 3.39. The number of nitrogens with two attached hydrogens (primary N) is 1. The zero-order valence-electron chi connectivity index (χ0n) is 11.1. The molecule has 1 aromatic carbocycles. The molecular weight excluding hydrogens is 280 g/mol. The van der Waals surface area contributed by atoms with Crippen LogP contribution in [-0.2, 0) is 0 Å². The number of nitrogen functional groups attached to an aromatic ring is 1. The van der Waals surface area contributed by atoms with Gasteiger partial charge in [0.05, 0.1) is 21.8 Å². The zero-order valence-corrected chi connectivity index (χ0v) is 11.9. The number of pyridine rings is 1. The molecule has 0 saturated carbocycles. The number of hydrogen-bond acceptors (Lipinski definition) is 4. The van der Waals surface area contributed by atoms with Gasteiger partial charge in [0, 0.05) is 10.9 Å². The maximum atomic E-state index is 6.03. The number of thiophene rings is 1.